The van der Waals surface area contributed by atoms with Crippen molar-refractivity contribution in [2.45, 2.75) is 89.3 Å². The second-order valence-electron chi connectivity index (χ2n) is 15.8. The molecule has 0 unspecified atom stereocenters. The van der Waals surface area contributed by atoms with Gasteiger partial charge < -0.3 is 38.9 Å². The van der Waals surface area contributed by atoms with Gasteiger partial charge in [0.25, 0.3) is 5.69 Å². The average Bonchev–Trinajstić information content (AvgIpc) is 3.26. The molecule has 0 saturated heterocycles. The first-order valence-electron chi connectivity index (χ1n) is 21.1. The van der Waals surface area contributed by atoms with Crippen molar-refractivity contribution in [3.8, 4) is 11.5 Å². The molecule has 61 heavy (non-hydrogen) atoms. The normalized spacial score (nSPS) is 23.1. The number of pyridine rings is 1. The number of rotatable bonds is 22. The monoisotopic (exact) mass is 838 g/mol. The Hall–Kier alpha value is -5.57. The van der Waals surface area contributed by atoms with Gasteiger partial charge >= 0.3 is 6.09 Å². The third-order valence-corrected chi connectivity index (χ3v) is 11.8. The quantitative estimate of drug-likeness (QED) is 0.0431. The number of aliphatic hydroxyl groups is 2. The molecule has 0 bridgehead atoms. The number of hydrogen-bond acceptors (Lipinski definition) is 12. The fourth-order valence-corrected chi connectivity index (χ4v) is 9.01. The summed E-state index contributed by atoms with van der Waals surface area (Å²) in [6.07, 6.45) is 10.1. The molecule has 1 aromatic heterocycles. The second kappa shape index (κ2) is 21.3. The van der Waals surface area contributed by atoms with Crippen molar-refractivity contribution in [1.29, 1.82) is 0 Å². The van der Waals surface area contributed by atoms with Gasteiger partial charge in [0.1, 0.15) is 30.8 Å². The number of fused-ring (bicyclic) bond motifs is 2. The predicted molar refractivity (Wildman–Crippen MR) is 230 cm³/mol. The molecule has 2 N–H and O–H groups in total. The molecule has 14 nitrogen and oxygen atoms in total. The summed E-state index contributed by atoms with van der Waals surface area (Å²) in [7, 11) is 1.67. The molecule has 14 heteroatoms. The number of carbonyl (C=O) groups is 1. The van der Waals surface area contributed by atoms with Crippen LogP contribution in [0.25, 0.3) is 0 Å². The van der Waals surface area contributed by atoms with Gasteiger partial charge in [-0.3, -0.25) is 15.1 Å². The van der Waals surface area contributed by atoms with Crippen molar-refractivity contribution in [2.75, 3.05) is 33.5 Å². The number of oxime groups is 1. The Morgan fingerprint density at radius 3 is 2.52 bits per heavy atom. The number of nitro groups is 1. The van der Waals surface area contributed by atoms with Crippen LogP contribution in [0.3, 0.4) is 0 Å². The highest BCUT2D eigenvalue weighted by molar-refractivity contribution is 6.02. The third kappa shape index (κ3) is 10.5. The van der Waals surface area contributed by atoms with Crippen molar-refractivity contribution >= 4 is 17.5 Å². The van der Waals surface area contributed by atoms with Crippen LogP contribution < -0.4 is 9.47 Å². The number of likely N-dealkylation sites (N-methyl/N-ethyl adjacent to an activating group) is 1. The standard InChI is InChI=1S/C47H58N4O10/c1-5-7-26-57-46(54)50(4)43-29-41(49-60-30-33-17-19-36(20-18-33)51(55)56)39-27-34(14-8-10-23-52)38(16-9-11-24-53)44-40-28-37(58-31-35-15-12-13-32(3)48-35)21-22-42(40)61-47(43,45(39)44)59-25-6-2/h5-6,12-13,15,17-22,27-28,34,38,43-45,52-53H,1-2,7-11,14,16,23-26,29-31H2,3-4H3/t34-,38+,43-,44+,45+,47+/m0/s1. The van der Waals surface area contributed by atoms with Crippen LogP contribution in [0.4, 0.5) is 10.5 Å². The van der Waals surface area contributed by atoms with Gasteiger partial charge in [-0.1, -0.05) is 42.3 Å². The highest BCUT2D eigenvalue weighted by atomic mass is 16.7. The van der Waals surface area contributed by atoms with Crippen molar-refractivity contribution in [1.82, 2.24) is 9.88 Å². The van der Waals surface area contributed by atoms with Gasteiger partial charge in [-0.2, -0.15) is 0 Å². The van der Waals surface area contributed by atoms with Crippen LogP contribution in [0.5, 0.6) is 11.5 Å². The zero-order valence-corrected chi connectivity index (χ0v) is 35.2. The van der Waals surface area contributed by atoms with Crippen LogP contribution in [-0.2, 0) is 27.5 Å². The topological polar surface area (TPSA) is 175 Å². The molecule has 0 spiro atoms. The molecule has 1 fully saturated rings. The van der Waals surface area contributed by atoms with Gasteiger partial charge in [-0.25, -0.2) is 4.79 Å². The molecule has 2 aliphatic carbocycles. The molecule has 326 valence electrons. The lowest BCUT2D eigenvalue weighted by Crippen LogP contribution is -2.69. The number of amides is 1. The zero-order chi connectivity index (χ0) is 43.4. The third-order valence-electron chi connectivity index (χ3n) is 11.8. The number of nitrogens with zero attached hydrogens (tertiary/aromatic N) is 4. The van der Waals surface area contributed by atoms with E-state index in [4.69, 9.17) is 28.9 Å². The fraction of sp³-hybridized carbons (Fsp3) is 0.468. The molecule has 1 saturated carbocycles. The Bertz CT molecular complexity index is 2050. The van der Waals surface area contributed by atoms with Crippen LogP contribution in [0.1, 0.15) is 79.8 Å². The van der Waals surface area contributed by atoms with Gasteiger partial charge in [0.15, 0.2) is 0 Å². The minimum atomic E-state index is -1.44. The molecular weight excluding hydrogens is 781 g/mol. The van der Waals surface area contributed by atoms with Crippen LogP contribution in [0, 0.1) is 34.8 Å². The number of nitro benzene ring substituents is 1. The summed E-state index contributed by atoms with van der Waals surface area (Å²) in [4.78, 5) is 37.0. The van der Waals surface area contributed by atoms with E-state index < -0.39 is 28.8 Å². The summed E-state index contributed by atoms with van der Waals surface area (Å²) in [6, 6.07) is 17.0. The average molecular weight is 839 g/mol. The molecule has 3 aromatic rings. The molecule has 2 aromatic carbocycles. The van der Waals surface area contributed by atoms with E-state index in [9.17, 15) is 25.1 Å². The second-order valence-corrected chi connectivity index (χ2v) is 15.8. The Kier molecular flexibility index (Phi) is 15.7. The zero-order valence-electron chi connectivity index (χ0n) is 35.2. The number of ether oxygens (including phenoxy) is 4. The van der Waals surface area contributed by atoms with E-state index >= 15 is 0 Å². The predicted octanol–water partition coefficient (Wildman–Crippen LogP) is 8.36. The molecule has 2 heterocycles. The number of unbranched alkanes of at least 4 members (excludes halogenated alkanes) is 2. The maximum absolute atomic E-state index is 13.9. The largest absolute Gasteiger partial charge is 0.487 e. The summed E-state index contributed by atoms with van der Waals surface area (Å²) >= 11 is 0. The van der Waals surface area contributed by atoms with Crippen molar-refractivity contribution in [3.63, 3.8) is 0 Å². The first-order valence-corrected chi connectivity index (χ1v) is 21.1. The first kappa shape index (κ1) is 45.0. The van der Waals surface area contributed by atoms with Crippen LogP contribution in [0.15, 0.2) is 103 Å². The Balaban J connectivity index is 1.51. The Morgan fingerprint density at radius 2 is 1.82 bits per heavy atom. The van der Waals surface area contributed by atoms with E-state index in [-0.39, 0.29) is 69.5 Å². The molecule has 6 rings (SSSR count). The van der Waals surface area contributed by atoms with E-state index in [1.54, 1.807) is 31.3 Å². The fourth-order valence-electron chi connectivity index (χ4n) is 9.01. The number of aromatic nitrogens is 1. The number of non-ortho nitro benzene ring substituents is 1. The lowest BCUT2D eigenvalue weighted by molar-refractivity contribution is -0.384. The van der Waals surface area contributed by atoms with Crippen molar-refractivity contribution in [3.05, 3.63) is 130 Å². The van der Waals surface area contributed by atoms with E-state index in [1.807, 2.05) is 43.3 Å². The highest BCUT2D eigenvalue weighted by Gasteiger charge is 2.65. The molecular formula is C47H58N4O10. The van der Waals surface area contributed by atoms with Crippen molar-refractivity contribution in [2.24, 2.45) is 22.9 Å². The van der Waals surface area contributed by atoms with E-state index in [0.29, 0.717) is 42.0 Å². The van der Waals surface area contributed by atoms with E-state index in [1.165, 1.54) is 17.0 Å². The highest BCUT2D eigenvalue weighted by Crippen LogP contribution is 2.61. The number of carbonyl (C=O) groups excluding carboxylic acids is 1. The summed E-state index contributed by atoms with van der Waals surface area (Å²) in [5, 5.41) is 35.9. The smallest absolute Gasteiger partial charge is 0.409 e. The minimum absolute atomic E-state index is 0.0212. The van der Waals surface area contributed by atoms with Crippen LogP contribution in [0.2, 0.25) is 0 Å². The maximum Gasteiger partial charge on any atom is 0.409 e. The maximum atomic E-state index is 13.9. The summed E-state index contributed by atoms with van der Waals surface area (Å²) in [6.45, 7) is 10.4. The molecule has 0 radical (unpaired) electrons. The number of aliphatic hydroxyl groups excluding tert-OH is 2. The van der Waals surface area contributed by atoms with Gasteiger partial charge in [0, 0.05) is 56.0 Å². The number of hydrogen-bond donors (Lipinski definition) is 2. The van der Waals surface area contributed by atoms with Crippen molar-refractivity contribution < 1.29 is 43.7 Å². The van der Waals surface area contributed by atoms with Crippen LogP contribution >= 0.6 is 0 Å². The Labute approximate surface area is 357 Å². The summed E-state index contributed by atoms with van der Waals surface area (Å²) in [5.74, 6) is -0.924. The minimum Gasteiger partial charge on any atom is -0.487 e. The first-order chi connectivity index (χ1) is 29.6. The number of benzene rings is 2. The summed E-state index contributed by atoms with van der Waals surface area (Å²) in [5.41, 5.74) is 4.76. The molecule has 6 atom stereocenters. The molecule has 3 aliphatic rings. The summed E-state index contributed by atoms with van der Waals surface area (Å²) < 4.78 is 26.2. The van der Waals surface area contributed by atoms with E-state index in [0.717, 1.165) is 48.2 Å². The lowest BCUT2D eigenvalue weighted by Gasteiger charge is -2.59. The molecule has 1 amide bonds. The molecule has 1 aliphatic heterocycles. The van der Waals surface area contributed by atoms with Gasteiger partial charge in [-0.15, -0.1) is 13.2 Å². The van der Waals surface area contributed by atoms with Gasteiger partial charge in [-0.05, 0) is 104 Å². The van der Waals surface area contributed by atoms with E-state index in [2.05, 4.69) is 24.2 Å². The SMILES string of the molecule is C=CCCOC(=O)N(C)[C@H]1CC(=NOCc2ccc([N+](=O)[O-])cc2)C2=C[C@H](CCCCO)[C@@H](CCCCO)[C@@H]3c4cc(OCc5cccc(C)n5)ccc4O[C@@]1(OCC=C)[C@H]23. The lowest BCUT2D eigenvalue weighted by atomic mass is 9.55. The number of aryl methyl sites for hydroxylation is 1. The van der Waals surface area contributed by atoms with Gasteiger partial charge in [0.05, 0.1) is 35.5 Å². The van der Waals surface area contributed by atoms with Crippen LogP contribution in [-0.4, -0.2) is 82.1 Å². The number of allylic oxidation sites excluding steroid dienone is 1. The van der Waals surface area contributed by atoms with Gasteiger partial charge in [0.2, 0.25) is 5.79 Å². The Morgan fingerprint density at radius 1 is 1.05 bits per heavy atom.